The Morgan fingerprint density at radius 1 is 1.30 bits per heavy atom. The van der Waals surface area contributed by atoms with Gasteiger partial charge >= 0.3 is 5.97 Å². The van der Waals surface area contributed by atoms with E-state index < -0.39 is 5.97 Å². The number of aliphatic carboxylic acids is 1. The summed E-state index contributed by atoms with van der Waals surface area (Å²) in [6.07, 6.45) is 1.93. The van der Waals surface area contributed by atoms with Crippen LogP contribution in [0.3, 0.4) is 0 Å². The number of halogens is 2. The fourth-order valence-electron chi connectivity index (χ4n) is 2.48. The third kappa shape index (κ3) is 4.55. The molecule has 1 fully saturated rings. The lowest BCUT2D eigenvalue weighted by atomic mass is 10.2. The van der Waals surface area contributed by atoms with Crippen LogP contribution in [0, 0.1) is 0 Å². The lowest BCUT2D eigenvalue weighted by molar-refractivity contribution is -0.137. The molecular weight excluding hydrogens is 429 g/mol. The lowest BCUT2D eigenvalue weighted by Crippen LogP contribution is -2.29. The van der Waals surface area contributed by atoms with Crippen LogP contribution < -0.4 is 0 Å². The third-order valence-electron chi connectivity index (χ3n) is 3.76. The van der Waals surface area contributed by atoms with Crippen molar-refractivity contribution in [2.24, 2.45) is 0 Å². The van der Waals surface area contributed by atoms with Crippen molar-refractivity contribution in [2.75, 3.05) is 6.54 Å². The summed E-state index contributed by atoms with van der Waals surface area (Å²) in [5.41, 5.74) is 0.657. The van der Waals surface area contributed by atoms with Crippen molar-refractivity contribution >= 4 is 69.5 Å². The maximum Gasteiger partial charge on any atom is 0.303 e. The Bertz CT molecular complexity index is 955. The maximum atomic E-state index is 12.5. The van der Waals surface area contributed by atoms with Gasteiger partial charge in [-0.25, -0.2) is 0 Å². The summed E-state index contributed by atoms with van der Waals surface area (Å²) >= 11 is 18.6. The highest BCUT2D eigenvalue weighted by Crippen LogP contribution is 2.36. The topological polar surface area (TPSA) is 70.8 Å². The second-order valence-electron chi connectivity index (χ2n) is 5.63. The predicted octanol–water partition coefficient (Wildman–Crippen LogP) is 5.32. The minimum atomic E-state index is -0.904. The molecule has 3 rings (SSSR count). The molecular formula is C18H13Cl2NO4S2. The molecule has 5 nitrogen and oxygen atoms in total. The SMILES string of the molecule is O=C(O)CCCN1C(=O)C(=Cc2ccc(-c3cccc(Cl)c3Cl)o2)SC1=S. The fraction of sp³-hybridized carbons (Fsp3) is 0.167. The number of hydrogen-bond donors (Lipinski definition) is 1. The number of benzene rings is 1. The number of carbonyl (C=O) groups is 2. The first-order chi connectivity index (χ1) is 12.9. The van der Waals surface area contributed by atoms with Gasteiger partial charge in [-0.1, -0.05) is 53.2 Å². The Morgan fingerprint density at radius 2 is 2.07 bits per heavy atom. The number of carboxylic acids is 1. The van der Waals surface area contributed by atoms with Crippen LogP contribution in [0.2, 0.25) is 10.0 Å². The van der Waals surface area contributed by atoms with Gasteiger partial charge in [0, 0.05) is 24.6 Å². The van der Waals surface area contributed by atoms with Crippen molar-refractivity contribution in [2.45, 2.75) is 12.8 Å². The number of furan rings is 1. The fourth-order valence-corrected chi connectivity index (χ4v) is 4.16. The van der Waals surface area contributed by atoms with Gasteiger partial charge in [-0.05, 0) is 30.7 Å². The van der Waals surface area contributed by atoms with Gasteiger partial charge in [0.25, 0.3) is 5.91 Å². The number of rotatable bonds is 6. The van der Waals surface area contributed by atoms with E-state index in [9.17, 15) is 9.59 Å². The van der Waals surface area contributed by atoms with Crippen molar-refractivity contribution < 1.29 is 19.1 Å². The maximum absolute atomic E-state index is 12.5. The molecule has 1 aliphatic rings. The largest absolute Gasteiger partial charge is 0.481 e. The van der Waals surface area contributed by atoms with Gasteiger partial charge < -0.3 is 9.52 Å². The van der Waals surface area contributed by atoms with E-state index >= 15 is 0 Å². The first kappa shape index (κ1) is 19.9. The van der Waals surface area contributed by atoms with E-state index in [0.717, 1.165) is 11.8 Å². The van der Waals surface area contributed by atoms with E-state index in [2.05, 4.69) is 0 Å². The summed E-state index contributed by atoms with van der Waals surface area (Å²) < 4.78 is 6.18. The highest BCUT2D eigenvalue weighted by atomic mass is 35.5. The molecule has 27 heavy (non-hydrogen) atoms. The van der Waals surface area contributed by atoms with Crippen molar-refractivity contribution in [1.29, 1.82) is 0 Å². The van der Waals surface area contributed by atoms with Crippen LogP contribution in [0.5, 0.6) is 0 Å². The standard InChI is InChI=1S/C18H13Cl2NO4S2/c19-12-4-1-3-11(16(12)20)13-7-6-10(25-13)9-14-17(24)21(18(26)27-14)8-2-5-15(22)23/h1,3-4,6-7,9H,2,5,8H2,(H,22,23). The van der Waals surface area contributed by atoms with Crippen LogP contribution in [0.1, 0.15) is 18.6 Å². The van der Waals surface area contributed by atoms with Crippen LogP contribution in [0.15, 0.2) is 39.7 Å². The molecule has 0 unspecified atom stereocenters. The summed E-state index contributed by atoms with van der Waals surface area (Å²) in [7, 11) is 0. The second kappa shape index (κ2) is 8.48. The second-order valence-corrected chi connectivity index (χ2v) is 8.09. The highest BCUT2D eigenvalue weighted by molar-refractivity contribution is 8.26. The highest BCUT2D eigenvalue weighted by Gasteiger charge is 2.32. The van der Waals surface area contributed by atoms with Crippen molar-refractivity contribution in [3.05, 3.63) is 51.0 Å². The summed E-state index contributed by atoms with van der Waals surface area (Å²) in [4.78, 5) is 24.9. The van der Waals surface area contributed by atoms with E-state index in [1.807, 2.05) is 0 Å². The summed E-state index contributed by atoms with van der Waals surface area (Å²) in [5, 5.41) is 9.53. The van der Waals surface area contributed by atoms with Crippen molar-refractivity contribution in [1.82, 2.24) is 4.90 Å². The predicted molar refractivity (Wildman–Crippen MR) is 111 cm³/mol. The molecule has 1 N–H and O–H groups in total. The van der Waals surface area contributed by atoms with E-state index in [-0.39, 0.29) is 18.9 Å². The molecule has 1 aliphatic heterocycles. The van der Waals surface area contributed by atoms with Gasteiger partial charge in [0.05, 0.1) is 15.0 Å². The molecule has 0 atom stereocenters. The lowest BCUT2D eigenvalue weighted by Gasteiger charge is -2.13. The molecule has 1 saturated heterocycles. The van der Waals surface area contributed by atoms with Gasteiger partial charge in [-0.15, -0.1) is 0 Å². The van der Waals surface area contributed by atoms with Crippen LogP contribution in [-0.4, -0.2) is 32.7 Å². The monoisotopic (exact) mass is 441 g/mol. The van der Waals surface area contributed by atoms with Crippen LogP contribution >= 0.6 is 47.2 Å². The minimum Gasteiger partial charge on any atom is -0.481 e. The van der Waals surface area contributed by atoms with Gasteiger partial charge in [0.2, 0.25) is 0 Å². The number of thioether (sulfide) groups is 1. The zero-order chi connectivity index (χ0) is 19.6. The molecule has 1 amide bonds. The van der Waals surface area contributed by atoms with E-state index in [4.69, 9.17) is 44.9 Å². The van der Waals surface area contributed by atoms with Crippen molar-refractivity contribution in [3.63, 3.8) is 0 Å². The summed E-state index contributed by atoms with van der Waals surface area (Å²) in [5.74, 6) is -0.148. The van der Waals surface area contributed by atoms with Gasteiger partial charge in [0.15, 0.2) is 0 Å². The van der Waals surface area contributed by atoms with Crippen molar-refractivity contribution in [3.8, 4) is 11.3 Å². The average molecular weight is 442 g/mol. The molecule has 1 aromatic carbocycles. The molecule has 140 valence electrons. The first-order valence-corrected chi connectivity index (χ1v) is 9.86. The van der Waals surface area contributed by atoms with Crippen LogP contribution in [0.4, 0.5) is 0 Å². The molecule has 0 aliphatic carbocycles. The zero-order valence-corrected chi connectivity index (χ0v) is 16.9. The Balaban J connectivity index is 1.77. The molecule has 2 heterocycles. The first-order valence-electron chi connectivity index (χ1n) is 7.88. The molecule has 2 aromatic rings. The third-order valence-corrected chi connectivity index (χ3v) is 5.96. The Labute approximate surface area is 174 Å². The van der Waals surface area contributed by atoms with Gasteiger partial charge in [-0.3, -0.25) is 14.5 Å². The Morgan fingerprint density at radius 3 is 2.81 bits per heavy atom. The quantitative estimate of drug-likeness (QED) is 0.483. The number of nitrogens with zero attached hydrogens (tertiary/aromatic N) is 1. The number of hydrogen-bond acceptors (Lipinski definition) is 5. The molecule has 0 spiro atoms. The number of amides is 1. The van der Waals surface area contributed by atoms with Gasteiger partial charge in [0.1, 0.15) is 15.8 Å². The number of carboxylic acid groups (broad SMARTS) is 1. The smallest absolute Gasteiger partial charge is 0.303 e. The molecule has 0 radical (unpaired) electrons. The molecule has 1 aromatic heterocycles. The Kier molecular flexibility index (Phi) is 6.26. The minimum absolute atomic E-state index is 0.0158. The summed E-state index contributed by atoms with van der Waals surface area (Å²) in [6, 6.07) is 8.72. The van der Waals surface area contributed by atoms with Crippen LogP contribution in [0.25, 0.3) is 17.4 Å². The molecule has 0 bridgehead atoms. The summed E-state index contributed by atoms with van der Waals surface area (Å²) in [6.45, 7) is 0.274. The normalized spacial score (nSPS) is 15.8. The van der Waals surface area contributed by atoms with Gasteiger partial charge in [-0.2, -0.15) is 0 Å². The van der Waals surface area contributed by atoms with E-state index in [1.165, 1.54) is 4.90 Å². The average Bonchev–Trinajstić information content (AvgIpc) is 3.17. The molecule has 9 heteroatoms. The zero-order valence-electron chi connectivity index (χ0n) is 13.8. The van der Waals surface area contributed by atoms with E-state index in [0.29, 0.717) is 42.8 Å². The van der Waals surface area contributed by atoms with E-state index in [1.54, 1.807) is 36.4 Å². The number of carbonyl (C=O) groups excluding carboxylic acids is 1. The molecule has 0 saturated carbocycles. The number of thiocarbonyl (C=S) groups is 1. The van der Waals surface area contributed by atoms with Crippen LogP contribution in [-0.2, 0) is 9.59 Å². The Hall–Kier alpha value is -1.80.